The highest BCUT2D eigenvalue weighted by Gasteiger charge is 2.27. The number of anilines is 1. The van der Waals surface area contributed by atoms with Crippen molar-refractivity contribution in [3.63, 3.8) is 0 Å². The third-order valence-electron chi connectivity index (χ3n) is 5.70. The number of nitrogens with one attached hydrogen (secondary N) is 1. The number of carbonyl (C=O) groups excluding carboxylic acids is 2. The molecule has 0 aromatic heterocycles. The third kappa shape index (κ3) is 9.27. The predicted octanol–water partition coefficient (Wildman–Crippen LogP) is 3.58. The zero-order chi connectivity index (χ0) is 27.6. The number of carbonyl (C=O) groups is 2. The van der Waals surface area contributed by atoms with Crippen molar-refractivity contribution in [2.45, 2.75) is 59.2 Å². The first kappa shape index (κ1) is 30.0. The molecule has 37 heavy (non-hydrogen) atoms. The fraction of sp³-hybridized carbons (Fsp3) is 0.481. The Morgan fingerprint density at radius 3 is 2.08 bits per heavy atom. The number of ether oxygens (including phenoxy) is 2. The van der Waals surface area contributed by atoms with Gasteiger partial charge in [-0.25, -0.2) is 8.42 Å². The van der Waals surface area contributed by atoms with Crippen LogP contribution in [0.1, 0.15) is 46.1 Å². The summed E-state index contributed by atoms with van der Waals surface area (Å²) >= 11 is 0. The Hall–Kier alpha value is -3.27. The number of hydrogen-bond acceptors (Lipinski definition) is 6. The minimum Gasteiger partial charge on any atom is -0.497 e. The molecule has 0 aliphatic carbocycles. The van der Waals surface area contributed by atoms with E-state index in [1.54, 1.807) is 50.4 Å². The fourth-order valence-corrected chi connectivity index (χ4v) is 4.76. The highest BCUT2D eigenvalue weighted by molar-refractivity contribution is 7.92. The summed E-state index contributed by atoms with van der Waals surface area (Å²) in [6.45, 7) is 8.17. The minimum absolute atomic E-state index is 0.0645. The van der Waals surface area contributed by atoms with E-state index in [1.807, 2.05) is 32.9 Å². The van der Waals surface area contributed by atoms with Gasteiger partial charge in [-0.1, -0.05) is 12.1 Å². The molecule has 10 heteroatoms. The van der Waals surface area contributed by atoms with Crippen molar-refractivity contribution in [2.24, 2.45) is 0 Å². The van der Waals surface area contributed by atoms with E-state index in [0.717, 1.165) is 11.8 Å². The number of sulfonamides is 1. The molecule has 9 nitrogen and oxygen atoms in total. The second-order valence-electron chi connectivity index (χ2n) is 9.07. The Kier molecular flexibility index (Phi) is 11.2. The molecule has 2 rings (SSSR count). The first-order valence-corrected chi connectivity index (χ1v) is 14.2. The van der Waals surface area contributed by atoms with E-state index < -0.39 is 16.1 Å². The van der Waals surface area contributed by atoms with Crippen LogP contribution in [0.2, 0.25) is 0 Å². The normalized spacial score (nSPS) is 12.1. The lowest BCUT2D eigenvalue weighted by Crippen LogP contribution is -2.49. The maximum absolute atomic E-state index is 13.3. The van der Waals surface area contributed by atoms with Gasteiger partial charge in [0.25, 0.3) is 0 Å². The Bertz CT molecular complexity index is 1120. The van der Waals surface area contributed by atoms with Crippen LogP contribution < -0.4 is 19.1 Å². The zero-order valence-electron chi connectivity index (χ0n) is 22.6. The summed E-state index contributed by atoms with van der Waals surface area (Å²) in [7, 11) is -1.99. The van der Waals surface area contributed by atoms with Crippen molar-refractivity contribution < 1.29 is 27.5 Å². The molecule has 0 saturated heterocycles. The number of methoxy groups -OCH3 is 1. The summed E-state index contributed by atoms with van der Waals surface area (Å²) in [5.41, 5.74) is 1.35. The molecule has 1 atom stereocenters. The Balaban J connectivity index is 2.15. The number of benzene rings is 2. The van der Waals surface area contributed by atoms with Crippen LogP contribution in [0.3, 0.4) is 0 Å². The number of hydrogen-bond donors (Lipinski definition) is 1. The molecule has 0 radical (unpaired) electrons. The van der Waals surface area contributed by atoms with Crippen LogP contribution in [0, 0.1) is 0 Å². The largest absolute Gasteiger partial charge is 0.497 e. The Morgan fingerprint density at radius 2 is 1.57 bits per heavy atom. The van der Waals surface area contributed by atoms with Crippen LogP contribution in [0.4, 0.5) is 5.69 Å². The van der Waals surface area contributed by atoms with E-state index in [0.29, 0.717) is 23.8 Å². The van der Waals surface area contributed by atoms with E-state index in [9.17, 15) is 18.0 Å². The molecule has 0 unspecified atom stereocenters. The monoisotopic (exact) mass is 533 g/mol. The van der Waals surface area contributed by atoms with Gasteiger partial charge in [-0.05, 0) is 76.1 Å². The van der Waals surface area contributed by atoms with Crippen LogP contribution >= 0.6 is 0 Å². The van der Waals surface area contributed by atoms with Gasteiger partial charge in [-0.2, -0.15) is 0 Å². The second kappa shape index (κ2) is 13.9. The van der Waals surface area contributed by atoms with E-state index in [1.165, 1.54) is 9.21 Å². The highest BCUT2D eigenvalue weighted by Crippen LogP contribution is 2.23. The number of nitrogens with zero attached hydrogens (tertiary/aromatic N) is 2. The number of rotatable bonds is 14. The molecule has 2 aromatic carbocycles. The first-order chi connectivity index (χ1) is 17.5. The smallest absolute Gasteiger partial charge is 0.242 e. The van der Waals surface area contributed by atoms with Gasteiger partial charge < -0.3 is 19.7 Å². The van der Waals surface area contributed by atoms with Gasteiger partial charge in [-0.15, -0.1) is 0 Å². The van der Waals surface area contributed by atoms with Crippen LogP contribution in [-0.4, -0.2) is 63.7 Å². The molecular weight excluding hydrogens is 494 g/mol. The van der Waals surface area contributed by atoms with Gasteiger partial charge in [-0.3, -0.25) is 13.9 Å². The fourth-order valence-electron chi connectivity index (χ4n) is 3.79. The lowest BCUT2D eigenvalue weighted by atomic mass is 10.1. The SMILES string of the molecule is CCOc1ccc(N(CCCC(=O)N(Cc2ccc(OC)cc2)[C@@H](C)C(=O)NC(C)C)S(C)(=O)=O)cc1. The second-order valence-corrected chi connectivity index (χ2v) is 11.0. The van der Waals surface area contributed by atoms with E-state index in [4.69, 9.17) is 9.47 Å². The summed E-state index contributed by atoms with van der Waals surface area (Å²) in [6, 6.07) is 13.3. The average Bonchev–Trinajstić information content (AvgIpc) is 2.84. The van der Waals surface area contributed by atoms with Crippen molar-refractivity contribution in [1.82, 2.24) is 10.2 Å². The molecule has 204 valence electrons. The maximum Gasteiger partial charge on any atom is 0.242 e. The van der Waals surface area contributed by atoms with Gasteiger partial charge in [0, 0.05) is 25.6 Å². The third-order valence-corrected chi connectivity index (χ3v) is 6.89. The zero-order valence-corrected chi connectivity index (χ0v) is 23.4. The molecule has 2 amide bonds. The van der Waals surface area contributed by atoms with Crippen molar-refractivity contribution in [3.05, 3.63) is 54.1 Å². The molecule has 0 heterocycles. The topological polar surface area (TPSA) is 105 Å². The van der Waals surface area contributed by atoms with Gasteiger partial charge in [0.2, 0.25) is 21.8 Å². The van der Waals surface area contributed by atoms with Crippen molar-refractivity contribution in [3.8, 4) is 11.5 Å². The molecule has 0 saturated carbocycles. The first-order valence-electron chi connectivity index (χ1n) is 12.4. The molecular formula is C27H39N3O6S. The van der Waals surface area contributed by atoms with E-state index >= 15 is 0 Å². The van der Waals surface area contributed by atoms with Crippen LogP contribution in [0.15, 0.2) is 48.5 Å². The number of amides is 2. The molecule has 0 bridgehead atoms. The lowest BCUT2D eigenvalue weighted by molar-refractivity contribution is -0.140. The Morgan fingerprint density at radius 1 is 0.973 bits per heavy atom. The lowest BCUT2D eigenvalue weighted by Gasteiger charge is -2.30. The summed E-state index contributed by atoms with van der Waals surface area (Å²) in [6.07, 6.45) is 1.51. The van der Waals surface area contributed by atoms with Crippen LogP contribution in [0.5, 0.6) is 11.5 Å². The summed E-state index contributed by atoms with van der Waals surface area (Å²) in [4.78, 5) is 27.6. The molecule has 0 fully saturated rings. The van der Waals surface area contributed by atoms with E-state index in [-0.39, 0.29) is 43.8 Å². The molecule has 0 aliphatic rings. The predicted molar refractivity (Wildman–Crippen MR) is 145 cm³/mol. The summed E-state index contributed by atoms with van der Waals surface area (Å²) in [5.74, 6) is 0.867. The maximum atomic E-state index is 13.3. The van der Waals surface area contributed by atoms with Crippen LogP contribution in [-0.2, 0) is 26.2 Å². The minimum atomic E-state index is -3.57. The quantitative estimate of drug-likeness (QED) is 0.398. The van der Waals surface area contributed by atoms with Crippen molar-refractivity contribution in [2.75, 3.05) is 30.8 Å². The van der Waals surface area contributed by atoms with Gasteiger partial charge in [0.1, 0.15) is 17.5 Å². The molecule has 0 spiro atoms. The molecule has 1 N–H and O–H groups in total. The summed E-state index contributed by atoms with van der Waals surface area (Å²) < 4.78 is 36.9. The van der Waals surface area contributed by atoms with Gasteiger partial charge in [0.05, 0.1) is 25.7 Å². The standard InChI is InChI=1S/C27H39N3O6S/c1-7-36-25-16-12-23(13-17-25)30(37(6,33)34)18-8-9-26(31)29(21(4)27(32)28-20(2)3)19-22-10-14-24(35-5)15-11-22/h10-17,20-21H,7-9,18-19H2,1-6H3,(H,28,32)/t21-/m0/s1. The van der Waals surface area contributed by atoms with Gasteiger partial charge in [0.15, 0.2) is 0 Å². The van der Waals surface area contributed by atoms with Crippen LogP contribution in [0.25, 0.3) is 0 Å². The van der Waals surface area contributed by atoms with Crippen molar-refractivity contribution >= 4 is 27.5 Å². The molecule has 0 aliphatic heterocycles. The average molecular weight is 534 g/mol. The van der Waals surface area contributed by atoms with Crippen molar-refractivity contribution in [1.29, 1.82) is 0 Å². The highest BCUT2D eigenvalue weighted by atomic mass is 32.2. The molecule has 2 aromatic rings. The van der Waals surface area contributed by atoms with Gasteiger partial charge >= 0.3 is 0 Å². The Labute approximate surface area is 220 Å². The van der Waals surface area contributed by atoms with E-state index in [2.05, 4.69) is 5.32 Å². The summed E-state index contributed by atoms with van der Waals surface area (Å²) in [5, 5.41) is 2.86.